The van der Waals surface area contributed by atoms with E-state index in [4.69, 9.17) is 11.6 Å². The number of pyridine rings is 1. The van der Waals surface area contributed by atoms with E-state index >= 15 is 4.39 Å². The van der Waals surface area contributed by atoms with Crippen LogP contribution >= 0.6 is 11.6 Å². The van der Waals surface area contributed by atoms with Crippen LogP contribution in [0.4, 0.5) is 4.39 Å². The van der Waals surface area contributed by atoms with Gasteiger partial charge in [-0.2, -0.15) is 10.4 Å². The third-order valence-electron chi connectivity index (χ3n) is 8.60. The number of amides is 1. The van der Waals surface area contributed by atoms with Crippen LogP contribution in [0.3, 0.4) is 0 Å². The SMILES string of the molecule is CC1CC1(O)[C@@]1(c2ccc(Cl)cc2)c2c(F)cc(C(C)(O)c3cnn(C)c3)cc2C(=O)N1Cc1ccc(C#N)cn1. The van der Waals surface area contributed by atoms with Gasteiger partial charge in [0.25, 0.3) is 5.91 Å². The molecule has 2 N–H and O–H groups in total. The van der Waals surface area contributed by atoms with Crippen molar-refractivity contribution in [1.82, 2.24) is 19.7 Å². The fourth-order valence-corrected chi connectivity index (χ4v) is 6.36. The molecule has 2 aliphatic rings. The second-order valence-corrected chi connectivity index (χ2v) is 11.6. The van der Waals surface area contributed by atoms with Crippen molar-refractivity contribution in [2.45, 2.75) is 43.6 Å². The van der Waals surface area contributed by atoms with Gasteiger partial charge in [0.15, 0.2) is 0 Å². The maximum Gasteiger partial charge on any atom is 0.255 e. The van der Waals surface area contributed by atoms with Crippen LogP contribution in [0.1, 0.15) is 64.1 Å². The number of aromatic nitrogens is 3. The molecule has 1 saturated carbocycles. The van der Waals surface area contributed by atoms with Gasteiger partial charge in [-0.15, -0.1) is 0 Å². The first-order chi connectivity index (χ1) is 19.4. The normalized spacial score (nSPS) is 24.6. The molecule has 8 nitrogen and oxygen atoms in total. The van der Waals surface area contributed by atoms with Gasteiger partial charge in [0.2, 0.25) is 0 Å². The predicted molar refractivity (Wildman–Crippen MR) is 148 cm³/mol. The van der Waals surface area contributed by atoms with Gasteiger partial charge in [0.05, 0.1) is 29.6 Å². The first-order valence-electron chi connectivity index (χ1n) is 13.1. The molecule has 4 atom stereocenters. The monoisotopic (exact) mass is 571 g/mol. The summed E-state index contributed by atoms with van der Waals surface area (Å²) in [7, 11) is 1.71. The molecule has 0 saturated heterocycles. The Labute approximate surface area is 241 Å². The van der Waals surface area contributed by atoms with Crippen LogP contribution in [0.15, 0.2) is 67.1 Å². The summed E-state index contributed by atoms with van der Waals surface area (Å²) < 4.78 is 18.2. The van der Waals surface area contributed by atoms with Gasteiger partial charge in [0.1, 0.15) is 23.0 Å². The molecular weight excluding hydrogens is 545 g/mol. The first kappa shape index (κ1) is 27.1. The summed E-state index contributed by atoms with van der Waals surface area (Å²) in [5.74, 6) is -1.50. The standard InChI is InChI=1S/C31H27ClFN5O3/c1-18-12-30(18,41)31(20-5-7-23(32)8-6-20)27-25(28(39)38(31)17-24-9-4-19(13-34)14-35-24)10-21(11-26(27)33)29(2,40)22-15-36-37(3)16-22/h4-11,14-16,18,40-41H,12,17H2,1-3H3/t18?,29?,30?,31-/m1/s1. The maximum absolute atomic E-state index is 16.6. The van der Waals surface area contributed by atoms with Crippen molar-refractivity contribution < 1.29 is 19.4 Å². The molecule has 3 unspecified atom stereocenters. The van der Waals surface area contributed by atoms with Crippen molar-refractivity contribution in [1.29, 1.82) is 5.26 Å². The van der Waals surface area contributed by atoms with E-state index in [1.54, 1.807) is 49.6 Å². The highest BCUT2D eigenvalue weighted by molar-refractivity contribution is 6.30. The summed E-state index contributed by atoms with van der Waals surface area (Å²) in [5, 5.41) is 37.5. The number of halogens is 2. The number of aliphatic hydroxyl groups is 2. The molecule has 0 radical (unpaired) electrons. The molecule has 4 aromatic rings. The number of carbonyl (C=O) groups excluding carboxylic acids is 1. The van der Waals surface area contributed by atoms with E-state index in [9.17, 15) is 20.3 Å². The number of hydrogen-bond acceptors (Lipinski definition) is 6. The van der Waals surface area contributed by atoms with Gasteiger partial charge < -0.3 is 15.1 Å². The van der Waals surface area contributed by atoms with E-state index in [2.05, 4.69) is 10.1 Å². The molecule has 3 heterocycles. The lowest BCUT2D eigenvalue weighted by Crippen LogP contribution is -2.55. The van der Waals surface area contributed by atoms with Crippen LogP contribution in [-0.4, -0.2) is 41.4 Å². The number of nitriles is 1. The Morgan fingerprint density at radius 2 is 1.90 bits per heavy atom. The van der Waals surface area contributed by atoms with Crippen LogP contribution in [-0.2, 0) is 24.7 Å². The molecule has 10 heteroatoms. The van der Waals surface area contributed by atoms with Crippen LogP contribution in [0.5, 0.6) is 0 Å². The second kappa shape index (κ2) is 9.21. The number of carbonyl (C=O) groups is 1. The molecule has 1 aliphatic heterocycles. The van der Waals surface area contributed by atoms with Crippen LogP contribution in [0, 0.1) is 23.1 Å². The second-order valence-electron chi connectivity index (χ2n) is 11.1. The third kappa shape index (κ3) is 3.90. The van der Waals surface area contributed by atoms with Crippen molar-refractivity contribution in [2.24, 2.45) is 13.0 Å². The Bertz CT molecular complexity index is 1730. The van der Waals surface area contributed by atoms with E-state index in [1.807, 2.05) is 13.0 Å². The molecule has 1 amide bonds. The lowest BCUT2D eigenvalue weighted by molar-refractivity contribution is -0.0245. The average molecular weight is 572 g/mol. The number of aryl methyl sites for hydroxylation is 1. The van der Waals surface area contributed by atoms with Gasteiger partial charge in [-0.05, 0) is 66.8 Å². The van der Waals surface area contributed by atoms with Gasteiger partial charge in [-0.25, -0.2) is 4.39 Å². The topological polar surface area (TPSA) is 115 Å². The van der Waals surface area contributed by atoms with E-state index < -0.39 is 28.5 Å². The highest BCUT2D eigenvalue weighted by atomic mass is 35.5. The third-order valence-corrected chi connectivity index (χ3v) is 8.85. The van der Waals surface area contributed by atoms with Gasteiger partial charge in [-0.3, -0.25) is 14.5 Å². The number of nitrogens with zero attached hydrogens (tertiary/aromatic N) is 5. The summed E-state index contributed by atoms with van der Waals surface area (Å²) in [6.07, 6.45) is 4.85. The van der Waals surface area contributed by atoms with E-state index in [0.717, 1.165) is 0 Å². The zero-order valence-electron chi connectivity index (χ0n) is 22.6. The molecule has 1 aliphatic carbocycles. The minimum absolute atomic E-state index is 0.0380. The Morgan fingerprint density at radius 3 is 2.46 bits per heavy atom. The Morgan fingerprint density at radius 1 is 1.20 bits per heavy atom. The molecule has 2 aromatic heterocycles. The molecule has 6 rings (SSSR count). The summed E-state index contributed by atoms with van der Waals surface area (Å²) in [6, 6.07) is 14.7. The minimum atomic E-state index is -1.65. The quantitative estimate of drug-likeness (QED) is 0.354. The predicted octanol–water partition coefficient (Wildman–Crippen LogP) is 4.41. The molecule has 2 aromatic carbocycles. The summed E-state index contributed by atoms with van der Waals surface area (Å²) in [5.41, 5.74) is -2.75. The molecule has 0 bridgehead atoms. The van der Waals surface area contributed by atoms with Crippen molar-refractivity contribution in [3.8, 4) is 6.07 Å². The Kier molecular flexibility index (Phi) is 6.09. The van der Waals surface area contributed by atoms with Crippen LogP contribution in [0.25, 0.3) is 0 Å². The zero-order valence-corrected chi connectivity index (χ0v) is 23.4. The highest BCUT2D eigenvalue weighted by Gasteiger charge is 2.72. The molecular formula is C31H27ClFN5O3. The lowest BCUT2D eigenvalue weighted by atomic mass is 9.74. The first-order valence-corrected chi connectivity index (χ1v) is 13.5. The van der Waals surface area contributed by atoms with Gasteiger partial charge >= 0.3 is 0 Å². The summed E-state index contributed by atoms with van der Waals surface area (Å²) >= 11 is 6.22. The van der Waals surface area contributed by atoms with Crippen LogP contribution < -0.4 is 0 Å². The number of hydrogen-bond donors (Lipinski definition) is 2. The fraction of sp³-hybridized carbons (Fsp3) is 0.290. The number of rotatable bonds is 6. The highest BCUT2D eigenvalue weighted by Crippen LogP contribution is 2.64. The van der Waals surface area contributed by atoms with Crippen molar-refractivity contribution in [3.05, 3.63) is 117 Å². The van der Waals surface area contributed by atoms with Gasteiger partial charge in [0, 0.05) is 41.2 Å². The number of benzene rings is 2. The Hall–Kier alpha value is -4.10. The average Bonchev–Trinajstić information content (AvgIpc) is 3.24. The fourth-order valence-electron chi connectivity index (χ4n) is 6.24. The van der Waals surface area contributed by atoms with E-state index in [-0.39, 0.29) is 29.2 Å². The van der Waals surface area contributed by atoms with Crippen molar-refractivity contribution in [3.63, 3.8) is 0 Å². The number of fused-ring (bicyclic) bond motifs is 1. The Balaban J connectivity index is 1.61. The van der Waals surface area contributed by atoms with E-state index in [0.29, 0.717) is 33.8 Å². The lowest BCUT2D eigenvalue weighted by Gasteiger charge is -2.44. The molecule has 208 valence electrons. The summed E-state index contributed by atoms with van der Waals surface area (Å²) in [4.78, 5) is 20.2. The van der Waals surface area contributed by atoms with Crippen LogP contribution in [0.2, 0.25) is 5.02 Å². The molecule has 1 fully saturated rings. The molecule has 41 heavy (non-hydrogen) atoms. The summed E-state index contributed by atoms with van der Waals surface area (Å²) in [6.45, 7) is 3.31. The molecule has 0 spiro atoms. The van der Waals surface area contributed by atoms with Crippen molar-refractivity contribution >= 4 is 17.5 Å². The smallest absolute Gasteiger partial charge is 0.255 e. The zero-order chi connectivity index (χ0) is 29.3. The maximum atomic E-state index is 16.6. The largest absolute Gasteiger partial charge is 0.386 e. The van der Waals surface area contributed by atoms with Gasteiger partial charge in [-0.1, -0.05) is 30.7 Å². The minimum Gasteiger partial charge on any atom is -0.386 e. The van der Waals surface area contributed by atoms with E-state index in [1.165, 1.54) is 41.0 Å². The van der Waals surface area contributed by atoms with Crippen molar-refractivity contribution in [2.75, 3.05) is 0 Å².